The van der Waals surface area contributed by atoms with Gasteiger partial charge in [0.05, 0.1) is 6.61 Å². The number of hydrogen-bond acceptors (Lipinski definition) is 4. The first-order valence-electron chi connectivity index (χ1n) is 8.35. The molecule has 1 N–H and O–H groups in total. The SMILES string of the molecule is CCNC(CCN(CC1CC1)CC1CC1)C(=O)OCC. The third-order valence-corrected chi connectivity index (χ3v) is 4.18. The van der Waals surface area contributed by atoms with Gasteiger partial charge in [0.25, 0.3) is 0 Å². The van der Waals surface area contributed by atoms with Crippen LogP contribution in [0, 0.1) is 11.8 Å². The lowest BCUT2D eigenvalue weighted by Gasteiger charge is -2.24. The van der Waals surface area contributed by atoms with Crippen LogP contribution in [0.25, 0.3) is 0 Å². The minimum Gasteiger partial charge on any atom is -0.465 e. The minimum atomic E-state index is -0.138. The van der Waals surface area contributed by atoms with E-state index in [9.17, 15) is 4.79 Å². The smallest absolute Gasteiger partial charge is 0.323 e. The van der Waals surface area contributed by atoms with Crippen molar-refractivity contribution >= 4 is 5.97 Å². The maximum Gasteiger partial charge on any atom is 0.323 e. The van der Waals surface area contributed by atoms with Crippen LogP contribution in [0.15, 0.2) is 0 Å². The largest absolute Gasteiger partial charge is 0.465 e. The first kappa shape index (κ1) is 15.8. The van der Waals surface area contributed by atoms with Crippen molar-refractivity contribution in [3.8, 4) is 0 Å². The molecule has 1 atom stereocenters. The molecule has 0 aromatic carbocycles. The van der Waals surface area contributed by atoms with Crippen LogP contribution in [-0.2, 0) is 9.53 Å². The average molecular weight is 282 g/mol. The van der Waals surface area contributed by atoms with E-state index in [1.807, 2.05) is 13.8 Å². The number of likely N-dealkylation sites (N-methyl/N-ethyl adjacent to an activating group) is 1. The van der Waals surface area contributed by atoms with Gasteiger partial charge in [0.15, 0.2) is 0 Å². The fourth-order valence-corrected chi connectivity index (χ4v) is 2.69. The van der Waals surface area contributed by atoms with Crippen LogP contribution >= 0.6 is 0 Å². The van der Waals surface area contributed by atoms with Gasteiger partial charge in [0, 0.05) is 19.6 Å². The van der Waals surface area contributed by atoms with Gasteiger partial charge in [-0.1, -0.05) is 6.92 Å². The van der Waals surface area contributed by atoms with E-state index < -0.39 is 0 Å². The number of ether oxygens (including phenoxy) is 1. The van der Waals surface area contributed by atoms with Crippen molar-refractivity contribution in [2.45, 2.75) is 52.0 Å². The Labute approximate surface area is 123 Å². The molecule has 0 heterocycles. The molecule has 0 bridgehead atoms. The van der Waals surface area contributed by atoms with Gasteiger partial charge in [0.1, 0.15) is 6.04 Å². The van der Waals surface area contributed by atoms with E-state index in [-0.39, 0.29) is 12.0 Å². The van der Waals surface area contributed by atoms with E-state index in [2.05, 4.69) is 10.2 Å². The number of carbonyl (C=O) groups is 1. The van der Waals surface area contributed by atoms with Gasteiger partial charge in [-0.25, -0.2) is 0 Å². The molecule has 0 spiro atoms. The summed E-state index contributed by atoms with van der Waals surface area (Å²) in [5.74, 6) is 1.76. The number of rotatable bonds is 11. The van der Waals surface area contributed by atoms with E-state index in [4.69, 9.17) is 4.74 Å². The van der Waals surface area contributed by atoms with Crippen molar-refractivity contribution in [1.82, 2.24) is 10.2 Å². The van der Waals surface area contributed by atoms with Crippen molar-refractivity contribution in [1.29, 1.82) is 0 Å². The van der Waals surface area contributed by atoms with Gasteiger partial charge in [0.2, 0.25) is 0 Å². The molecule has 0 radical (unpaired) electrons. The monoisotopic (exact) mass is 282 g/mol. The Morgan fingerprint density at radius 2 is 1.80 bits per heavy atom. The summed E-state index contributed by atoms with van der Waals surface area (Å²) < 4.78 is 5.16. The van der Waals surface area contributed by atoms with E-state index in [0.717, 1.165) is 31.3 Å². The summed E-state index contributed by atoms with van der Waals surface area (Å²) >= 11 is 0. The lowest BCUT2D eigenvalue weighted by Crippen LogP contribution is -2.41. The second-order valence-electron chi connectivity index (χ2n) is 6.30. The molecule has 116 valence electrons. The molecule has 20 heavy (non-hydrogen) atoms. The Bertz CT molecular complexity index is 287. The first-order valence-corrected chi connectivity index (χ1v) is 8.35. The summed E-state index contributed by atoms with van der Waals surface area (Å²) in [5, 5.41) is 3.26. The topological polar surface area (TPSA) is 41.6 Å². The molecule has 2 fully saturated rings. The van der Waals surface area contributed by atoms with Crippen LogP contribution in [0.4, 0.5) is 0 Å². The van der Waals surface area contributed by atoms with Crippen LogP contribution in [0.3, 0.4) is 0 Å². The number of carbonyl (C=O) groups excluding carboxylic acids is 1. The molecule has 2 aliphatic carbocycles. The summed E-state index contributed by atoms with van der Waals surface area (Å²) in [6.45, 7) is 8.68. The van der Waals surface area contributed by atoms with Crippen LogP contribution in [0.2, 0.25) is 0 Å². The lowest BCUT2D eigenvalue weighted by atomic mass is 10.2. The normalized spacial score (nSPS) is 20.1. The molecule has 0 saturated heterocycles. The maximum atomic E-state index is 11.9. The summed E-state index contributed by atoms with van der Waals surface area (Å²) in [6, 6.07) is -0.138. The van der Waals surface area contributed by atoms with Crippen LogP contribution in [-0.4, -0.2) is 49.7 Å². The molecule has 0 aromatic rings. The Morgan fingerprint density at radius 1 is 1.20 bits per heavy atom. The number of hydrogen-bond donors (Lipinski definition) is 1. The Hall–Kier alpha value is -0.610. The van der Waals surface area contributed by atoms with E-state index >= 15 is 0 Å². The molecule has 0 amide bonds. The fourth-order valence-electron chi connectivity index (χ4n) is 2.69. The van der Waals surface area contributed by atoms with Crippen LogP contribution in [0.1, 0.15) is 46.0 Å². The second kappa shape index (κ2) is 7.99. The first-order chi connectivity index (χ1) is 9.72. The molecule has 2 saturated carbocycles. The predicted molar refractivity (Wildman–Crippen MR) is 80.6 cm³/mol. The van der Waals surface area contributed by atoms with Crippen molar-refractivity contribution in [3.05, 3.63) is 0 Å². The molecular formula is C16H30N2O2. The summed E-state index contributed by atoms with van der Waals surface area (Å²) in [5.41, 5.74) is 0. The van der Waals surface area contributed by atoms with Gasteiger partial charge >= 0.3 is 5.97 Å². The highest BCUT2D eigenvalue weighted by molar-refractivity contribution is 5.75. The maximum absolute atomic E-state index is 11.9. The highest BCUT2D eigenvalue weighted by atomic mass is 16.5. The van der Waals surface area contributed by atoms with Gasteiger partial charge in [-0.2, -0.15) is 0 Å². The van der Waals surface area contributed by atoms with Gasteiger partial charge in [-0.15, -0.1) is 0 Å². The highest BCUT2D eigenvalue weighted by Crippen LogP contribution is 2.33. The summed E-state index contributed by atoms with van der Waals surface area (Å²) in [6.07, 6.45) is 6.46. The Kier molecular flexibility index (Phi) is 6.30. The summed E-state index contributed by atoms with van der Waals surface area (Å²) in [7, 11) is 0. The van der Waals surface area contributed by atoms with E-state index in [1.165, 1.54) is 38.8 Å². The molecule has 0 aliphatic heterocycles. The van der Waals surface area contributed by atoms with Crippen LogP contribution < -0.4 is 5.32 Å². The minimum absolute atomic E-state index is 0.0906. The Balaban J connectivity index is 1.75. The quantitative estimate of drug-likeness (QED) is 0.589. The number of nitrogens with zero attached hydrogens (tertiary/aromatic N) is 1. The van der Waals surface area contributed by atoms with Crippen LogP contribution in [0.5, 0.6) is 0 Å². The zero-order valence-electron chi connectivity index (χ0n) is 13.1. The third-order valence-electron chi connectivity index (χ3n) is 4.18. The molecule has 1 unspecified atom stereocenters. The molecular weight excluding hydrogens is 252 g/mol. The van der Waals surface area contributed by atoms with E-state index in [0.29, 0.717) is 6.61 Å². The van der Waals surface area contributed by atoms with Gasteiger partial charge in [-0.3, -0.25) is 4.79 Å². The fraction of sp³-hybridized carbons (Fsp3) is 0.938. The highest BCUT2D eigenvalue weighted by Gasteiger charge is 2.30. The molecule has 4 nitrogen and oxygen atoms in total. The number of esters is 1. The molecule has 2 rings (SSSR count). The second-order valence-corrected chi connectivity index (χ2v) is 6.30. The van der Waals surface area contributed by atoms with Crippen molar-refractivity contribution in [3.63, 3.8) is 0 Å². The predicted octanol–water partition coefficient (Wildman–Crippen LogP) is 2.04. The average Bonchev–Trinajstić information content (AvgIpc) is 3.30. The Morgan fingerprint density at radius 3 is 2.25 bits per heavy atom. The molecule has 0 aromatic heterocycles. The molecule has 4 heteroatoms. The van der Waals surface area contributed by atoms with Crippen molar-refractivity contribution in [2.24, 2.45) is 11.8 Å². The van der Waals surface area contributed by atoms with E-state index in [1.54, 1.807) is 0 Å². The van der Waals surface area contributed by atoms with Gasteiger partial charge < -0.3 is 15.0 Å². The van der Waals surface area contributed by atoms with Gasteiger partial charge in [-0.05, 0) is 57.4 Å². The summed E-state index contributed by atoms with van der Waals surface area (Å²) in [4.78, 5) is 14.5. The number of nitrogens with one attached hydrogen (secondary N) is 1. The zero-order valence-corrected chi connectivity index (χ0v) is 13.1. The zero-order chi connectivity index (χ0) is 14.4. The standard InChI is InChI=1S/C16H30N2O2/c1-3-17-15(16(19)20-4-2)9-10-18(11-13-5-6-13)12-14-7-8-14/h13-15,17H,3-12H2,1-2H3. The third kappa shape index (κ3) is 5.80. The lowest BCUT2D eigenvalue weighted by molar-refractivity contribution is -0.145. The molecule has 2 aliphatic rings. The van der Waals surface area contributed by atoms with Crippen molar-refractivity contribution in [2.75, 3.05) is 32.8 Å². The van der Waals surface area contributed by atoms with Crippen molar-refractivity contribution < 1.29 is 9.53 Å².